The molecule has 0 heterocycles. The standard InChI is InChI=1S/C12H27NO/c1-10(2)7-6-8-11(13)9-12(3,4)14-5/h10-11H,6-9,13H2,1-5H3. The lowest BCUT2D eigenvalue weighted by molar-refractivity contribution is 0.00937. The number of ether oxygens (including phenoxy) is 1. The van der Waals surface area contributed by atoms with Crippen LogP contribution in [0.3, 0.4) is 0 Å². The number of hydrogen-bond donors (Lipinski definition) is 1. The molecule has 2 nitrogen and oxygen atoms in total. The second-order valence-corrected chi connectivity index (χ2v) is 5.25. The van der Waals surface area contributed by atoms with E-state index in [1.54, 1.807) is 7.11 Å². The monoisotopic (exact) mass is 201 g/mol. The third-order valence-electron chi connectivity index (χ3n) is 2.66. The van der Waals surface area contributed by atoms with Crippen LogP contribution in [0.2, 0.25) is 0 Å². The number of rotatable bonds is 7. The summed E-state index contributed by atoms with van der Waals surface area (Å²) in [6.07, 6.45) is 4.58. The minimum absolute atomic E-state index is 0.0722. The average molecular weight is 201 g/mol. The minimum atomic E-state index is -0.0722. The second-order valence-electron chi connectivity index (χ2n) is 5.25. The van der Waals surface area contributed by atoms with Crippen LogP contribution in [0, 0.1) is 5.92 Å². The molecule has 0 aliphatic carbocycles. The van der Waals surface area contributed by atoms with Gasteiger partial charge in [0.25, 0.3) is 0 Å². The van der Waals surface area contributed by atoms with Crippen LogP contribution in [0.15, 0.2) is 0 Å². The molecule has 2 heteroatoms. The Balaban J connectivity index is 3.60. The van der Waals surface area contributed by atoms with Gasteiger partial charge in [-0.25, -0.2) is 0 Å². The summed E-state index contributed by atoms with van der Waals surface area (Å²) in [4.78, 5) is 0. The third kappa shape index (κ3) is 7.34. The predicted octanol–water partition coefficient (Wildman–Crippen LogP) is 2.96. The maximum Gasteiger partial charge on any atom is 0.0637 e. The summed E-state index contributed by atoms with van der Waals surface area (Å²) in [7, 11) is 1.75. The Morgan fingerprint density at radius 3 is 2.21 bits per heavy atom. The van der Waals surface area contributed by atoms with E-state index in [0.717, 1.165) is 18.8 Å². The molecule has 0 fully saturated rings. The molecule has 0 bridgehead atoms. The highest BCUT2D eigenvalue weighted by Crippen LogP contribution is 2.18. The maximum absolute atomic E-state index is 6.04. The van der Waals surface area contributed by atoms with Gasteiger partial charge in [0.2, 0.25) is 0 Å². The van der Waals surface area contributed by atoms with E-state index >= 15 is 0 Å². The molecule has 0 radical (unpaired) electrons. The molecular weight excluding hydrogens is 174 g/mol. The van der Waals surface area contributed by atoms with Gasteiger partial charge in [0.1, 0.15) is 0 Å². The van der Waals surface area contributed by atoms with Crippen LogP contribution in [0.25, 0.3) is 0 Å². The Morgan fingerprint density at radius 1 is 1.21 bits per heavy atom. The molecule has 0 amide bonds. The molecule has 0 aromatic rings. The van der Waals surface area contributed by atoms with Gasteiger partial charge < -0.3 is 10.5 Å². The molecule has 86 valence electrons. The molecule has 0 spiro atoms. The molecule has 0 saturated carbocycles. The van der Waals surface area contributed by atoms with E-state index in [1.807, 2.05) is 0 Å². The molecule has 0 aromatic heterocycles. The lowest BCUT2D eigenvalue weighted by Gasteiger charge is -2.26. The third-order valence-corrected chi connectivity index (χ3v) is 2.66. The first kappa shape index (κ1) is 13.9. The number of nitrogens with two attached hydrogens (primary N) is 1. The zero-order valence-corrected chi connectivity index (χ0v) is 10.5. The van der Waals surface area contributed by atoms with Crippen LogP contribution in [0.4, 0.5) is 0 Å². The first-order valence-corrected chi connectivity index (χ1v) is 5.68. The van der Waals surface area contributed by atoms with Crippen molar-refractivity contribution in [3.8, 4) is 0 Å². The van der Waals surface area contributed by atoms with Crippen molar-refractivity contribution < 1.29 is 4.74 Å². The van der Waals surface area contributed by atoms with Gasteiger partial charge in [-0.2, -0.15) is 0 Å². The molecular formula is C12H27NO. The summed E-state index contributed by atoms with van der Waals surface area (Å²) in [6.45, 7) is 8.69. The number of hydrogen-bond acceptors (Lipinski definition) is 2. The van der Waals surface area contributed by atoms with Crippen LogP contribution in [0.1, 0.15) is 53.4 Å². The Labute approximate surface area is 89.2 Å². The van der Waals surface area contributed by atoms with Crippen molar-refractivity contribution in [2.75, 3.05) is 7.11 Å². The molecule has 0 aromatic carbocycles. The zero-order valence-electron chi connectivity index (χ0n) is 10.5. The second kappa shape index (κ2) is 6.41. The van der Waals surface area contributed by atoms with E-state index in [2.05, 4.69) is 27.7 Å². The van der Waals surface area contributed by atoms with Crippen LogP contribution in [-0.4, -0.2) is 18.8 Å². The predicted molar refractivity (Wildman–Crippen MR) is 62.4 cm³/mol. The van der Waals surface area contributed by atoms with Gasteiger partial charge in [0.15, 0.2) is 0 Å². The van der Waals surface area contributed by atoms with Gasteiger partial charge in [-0.05, 0) is 32.6 Å². The summed E-state index contributed by atoms with van der Waals surface area (Å²) in [5.41, 5.74) is 5.97. The van der Waals surface area contributed by atoms with E-state index in [-0.39, 0.29) is 11.6 Å². The fraction of sp³-hybridized carbons (Fsp3) is 1.00. The largest absolute Gasteiger partial charge is 0.379 e. The van der Waals surface area contributed by atoms with Crippen LogP contribution >= 0.6 is 0 Å². The Morgan fingerprint density at radius 2 is 1.79 bits per heavy atom. The van der Waals surface area contributed by atoms with Crippen LogP contribution < -0.4 is 5.73 Å². The minimum Gasteiger partial charge on any atom is -0.379 e. The maximum atomic E-state index is 6.04. The van der Waals surface area contributed by atoms with Crippen molar-refractivity contribution in [2.24, 2.45) is 11.7 Å². The number of methoxy groups -OCH3 is 1. The highest BCUT2D eigenvalue weighted by Gasteiger charge is 2.19. The zero-order chi connectivity index (χ0) is 11.2. The summed E-state index contributed by atoms with van der Waals surface area (Å²) >= 11 is 0. The van der Waals surface area contributed by atoms with E-state index in [0.29, 0.717) is 0 Å². The quantitative estimate of drug-likeness (QED) is 0.687. The molecule has 0 aliphatic heterocycles. The van der Waals surface area contributed by atoms with Gasteiger partial charge in [0.05, 0.1) is 5.60 Å². The van der Waals surface area contributed by atoms with Crippen molar-refractivity contribution in [1.29, 1.82) is 0 Å². The lowest BCUT2D eigenvalue weighted by Crippen LogP contribution is -2.33. The van der Waals surface area contributed by atoms with Crippen molar-refractivity contribution in [3.63, 3.8) is 0 Å². The topological polar surface area (TPSA) is 35.2 Å². The van der Waals surface area contributed by atoms with Gasteiger partial charge in [0, 0.05) is 13.2 Å². The van der Waals surface area contributed by atoms with E-state index in [9.17, 15) is 0 Å². The molecule has 1 unspecified atom stereocenters. The molecule has 1 atom stereocenters. The van der Waals surface area contributed by atoms with E-state index < -0.39 is 0 Å². The normalized spacial score (nSPS) is 14.8. The van der Waals surface area contributed by atoms with Crippen molar-refractivity contribution in [2.45, 2.75) is 65.0 Å². The molecule has 2 N–H and O–H groups in total. The summed E-state index contributed by atoms with van der Waals surface area (Å²) in [5, 5.41) is 0. The Kier molecular flexibility index (Phi) is 6.38. The van der Waals surface area contributed by atoms with E-state index in [4.69, 9.17) is 10.5 Å². The van der Waals surface area contributed by atoms with Crippen LogP contribution in [0.5, 0.6) is 0 Å². The van der Waals surface area contributed by atoms with Gasteiger partial charge in [-0.1, -0.05) is 26.7 Å². The van der Waals surface area contributed by atoms with Crippen molar-refractivity contribution >= 4 is 0 Å². The molecule has 0 saturated heterocycles. The summed E-state index contributed by atoms with van der Waals surface area (Å²) in [6, 6.07) is 0.281. The Bertz CT molecular complexity index is 143. The highest BCUT2D eigenvalue weighted by molar-refractivity contribution is 4.75. The Hall–Kier alpha value is -0.0800. The fourth-order valence-electron chi connectivity index (χ4n) is 1.61. The highest BCUT2D eigenvalue weighted by atomic mass is 16.5. The lowest BCUT2D eigenvalue weighted by atomic mass is 9.94. The summed E-state index contributed by atoms with van der Waals surface area (Å²) < 4.78 is 5.36. The van der Waals surface area contributed by atoms with Gasteiger partial charge in [-0.3, -0.25) is 0 Å². The first-order valence-electron chi connectivity index (χ1n) is 5.68. The average Bonchev–Trinajstić information content (AvgIpc) is 2.02. The smallest absolute Gasteiger partial charge is 0.0637 e. The SMILES string of the molecule is COC(C)(C)CC(N)CCCC(C)C. The molecule has 14 heavy (non-hydrogen) atoms. The van der Waals surface area contributed by atoms with Crippen molar-refractivity contribution in [1.82, 2.24) is 0 Å². The molecule has 0 aliphatic rings. The first-order chi connectivity index (χ1) is 6.37. The summed E-state index contributed by atoms with van der Waals surface area (Å²) in [5.74, 6) is 0.789. The van der Waals surface area contributed by atoms with E-state index in [1.165, 1.54) is 12.8 Å². The van der Waals surface area contributed by atoms with Crippen molar-refractivity contribution in [3.05, 3.63) is 0 Å². The molecule has 0 rings (SSSR count). The van der Waals surface area contributed by atoms with Gasteiger partial charge in [-0.15, -0.1) is 0 Å². The van der Waals surface area contributed by atoms with Crippen LogP contribution in [-0.2, 0) is 4.74 Å². The van der Waals surface area contributed by atoms with Gasteiger partial charge >= 0.3 is 0 Å². The fourth-order valence-corrected chi connectivity index (χ4v) is 1.61.